The maximum atomic E-state index is 12.8. The molecule has 0 aromatic heterocycles. The summed E-state index contributed by atoms with van der Waals surface area (Å²) in [6.07, 6.45) is 6.77. The van der Waals surface area contributed by atoms with Crippen LogP contribution in [0.2, 0.25) is 0 Å². The van der Waals surface area contributed by atoms with E-state index < -0.39 is 0 Å². The molecule has 5 rings (SSSR count). The fraction of sp³-hybridized carbons (Fsp3) is 0.619. The van der Waals surface area contributed by atoms with E-state index >= 15 is 0 Å². The van der Waals surface area contributed by atoms with Gasteiger partial charge in [0.15, 0.2) is 6.61 Å². The van der Waals surface area contributed by atoms with Gasteiger partial charge in [0, 0.05) is 9.26 Å². The van der Waals surface area contributed by atoms with Crippen molar-refractivity contribution in [2.24, 2.45) is 23.2 Å². The third-order valence-electron chi connectivity index (χ3n) is 6.57. The largest absolute Gasteiger partial charge is 0.455 e. The maximum Gasteiger partial charge on any atom is 0.312 e. The monoisotopic (exact) mass is 467 g/mol. The normalized spacial score (nSPS) is 31.7. The zero-order valence-corrected chi connectivity index (χ0v) is 17.6. The lowest BCUT2D eigenvalue weighted by Crippen LogP contribution is -2.50. The van der Waals surface area contributed by atoms with E-state index in [2.05, 4.69) is 27.9 Å². The molecule has 1 N–H and O–H groups in total. The van der Waals surface area contributed by atoms with Crippen LogP contribution in [0.15, 0.2) is 12.1 Å². The molecule has 1 aromatic rings. The van der Waals surface area contributed by atoms with Gasteiger partial charge in [-0.15, -0.1) is 0 Å². The molecule has 0 atom stereocenters. The van der Waals surface area contributed by atoms with Crippen molar-refractivity contribution in [2.75, 3.05) is 11.9 Å². The molecule has 4 bridgehead atoms. The lowest BCUT2D eigenvalue weighted by molar-refractivity contribution is -0.172. The summed E-state index contributed by atoms with van der Waals surface area (Å²) in [5.41, 5.74) is 2.57. The van der Waals surface area contributed by atoms with E-state index in [4.69, 9.17) is 4.74 Å². The summed E-state index contributed by atoms with van der Waals surface area (Å²) in [6.45, 7) is 3.77. The molecule has 140 valence electrons. The molecule has 4 saturated carbocycles. The number of nitrogens with one attached hydrogen (secondary N) is 1. The Labute approximate surface area is 168 Å². The zero-order chi connectivity index (χ0) is 18.5. The fourth-order valence-electron chi connectivity index (χ4n) is 5.93. The van der Waals surface area contributed by atoms with Crippen LogP contribution >= 0.6 is 22.6 Å². The van der Waals surface area contributed by atoms with Gasteiger partial charge in [-0.05, 0) is 116 Å². The van der Waals surface area contributed by atoms with Crippen LogP contribution in [0.1, 0.15) is 49.7 Å². The molecule has 26 heavy (non-hydrogen) atoms. The van der Waals surface area contributed by atoms with E-state index in [9.17, 15) is 9.59 Å². The van der Waals surface area contributed by atoms with Crippen molar-refractivity contribution >= 4 is 40.2 Å². The number of ether oxygens (including phenoxy) is 1. The average Bonchev–Trinajstić information content (AvgIpc) is 2.54. The second-order valence-electron chi connectivity index (χ2n) is 8.74. The van der Waals surface area contributed by atoms with Crippen LogP contribution in [0.3, 0.4) is 0 Å². The molecule has 0 aliphatic heterocycles. The van der Waals surface area contributed by atoms with E-state index in [0.717, 1.165) is 39.6 Å². The second-order valence-corrected chi connectivity index (χ2v) is 9.98. The molecule has 5 heteroatoms. The number of benzene rings is 1. The fourth-order valence-corrected chi connectivity index (χ4v) is 6.86. The highest BCUT2D eigenvalue weighted by Crippen LogP contribution is 2.60. The molecular weight excluding hydrogens is 441 g/mol. The highest BCUT2D eigenvalue weighted by atomic mass is 127. The number of hydrogen-bond donors (Lipinski definition) is 1. The number of carbonyl (C=O) groups is 2. The van der Waals surface area contributed by atoms with E-state index in [1.165, 1.54) is 19.3 Å². The lowest BCUT2D eigenvalue weighted by atomic mass is 9.49. The molecule has 4 nitrogen and oxygen atoms in total. The van der Waals surface area contributed by atoms with Crippen molar-refractivity contribution in [1.29, 1.82) is 0 Å². The standard InChI is InChI=1S/C21H26INO3/c1-12-3-17(22)4-13(2)19(12)23-18(24)11-26-20(25)21-8-14-5-15(9-21)7-16(6-14)10-21/h3-4,14-16H,5-11H2,1-2H3,(H,23,24). The Balaban J connectivity index is 1.37. The van der Waals surface area contributed by atoms with E-state index in [1.807, 2.05) is 26.0 Å². The highest BCUT2D eigenvalue weighted by molar-refractivity contribution is 14.1. The van der Waals surface area contributed by atoms with Crippen LogP contribution in [-0.2, 0) is 14.3 Å². The zero-order valence-electron chi connectivity index (χ0n) is 15.4. The molecule has 1 amide bonds. The van der Waals surface area contributed by atoms with Gasteiger partial charge in [0.1, 0.15) is 0 Å². The first-order chi connectivity index (χ1) is 12.3. The van der Waals surface area contributed by atoms with E-state index in [0.29, 0.717) is 17.8 Å². The topological polar surface area (TPSA) is 55.4 Å². The second kappa shape index (κ2) is 6.80. The van der Waals surface area contributed by atoms with Gasteiger partial charge >= 0.3 is 5.97 Å². The van der Waals surface area contributed by atoms with Gasteiger partial charge in [0.2, 0.25) is 0 Å². The molecule has 4 aliphatic rings. The number of hydrogen-bond acceptors (Lipinski definition) is 3. The Bertz CT molecular complexity index is 699. The number of amides is 1. The highest BCUT2D eigenvalue weighted by Gasteiger charge is 2.55. The molecule has 0 radical (unpaired) electrons. The molecule has 4 fully saturated rings. The first kappa shape index (κ1) is 18.3. The number of halogens is 1. The summed E-state index contributed by atoms with van der Waals surface area (Å²) in [4.78, 5) is 25.2. The number of carbonyl (C=O) groups excluding carboxylic acids is 2. The summed E-state index contributed by atoms with van der Waals surface area (Å²) >= 11 is 2.27. The average molecular weight is 467 g/mol. The van der Waals surface area contributed by atoms with E-state index in [1.54, 1.807) is 0 Å². The number of rotatable bonds is 4. The van der Waals surface area contributed by atoms with Gasteiger partial charge < -0.3 is 10.1 Å². The van der Waals surface area contributed by atoms with Gasteiger partial charge in [-0.2, -0.15) is 0 Å². The van der Waals surface area contributed by atoms with Crippen LogP contribution in [-0.4, -0.2) is 18.5 Å². The smallest absolute Gasteiger partial charge is 0.312 e. The molecule has 4 aliphatic carbocycles. The van der Waals surface area contributed by atoms with Crippen molar-refractivity contribution in [3.05, 3.63) is 26.8 Å². The summed E-state index contributed by atoms with van der Waals surface area (Å²) in [5, 5.41) is 2.92. The minimum Gasteiger partial charge on any atom is -0.455 e. The van der Waals surface area contributed by atoms with Crippen LogP contribution in [0.5, 0.6) is 0 Å². The SMILES string of the molecule is Cc1cc(I)cc(C)c1NC(=O)COC(=O)C12CC3CC(CC(C3)C1)C2. The number of esters is 1. The van der Waals surface area contributed by atoms with Crippen molar-refractivity contribution in [3.8, 4) is 0 Å². The van der Waals surface area contributed by atoms with Gasteiger partial charge in [0.05, 0.1) is 5.41 Å². The van der Waals surface area contributed by atoms with Crippen molar-refractivity contribution < 1.29 is 14.3 Å². The predicted octanol–water partition coefficient (Wildman–Crippen LogP) is 4.61. The minimum absolute atomic E-state index is 0.136. The van der Waals surface area contributed by atoms with Crippen LogP contribution < -0.4 is 5.32 Å². The Morgan fingerprint density at radius 2 is 1.58 bits per heavy atom. The number of aryl methyl sites for hydroxylation is 2. The van der Waals surface area contributed by atoms with Crippen molar-refractivity contribution in [3.63, 3.8) is 0 Å². The van der Waals surface area contributed by atoms with Gasteiger partial charge in [0.25, 0.3) is 5.91 Å². The van der Waals surface area contributed by atoms with Crippen molar-refractivity contribution in [1.82, 2.24) is 0 Å². The van der Waals surface area contributed by atoms with E-state index in [-0.39, 0.29) is 23.9 Å². The maximum absolute atomic E-state index is 12.8. The summed E-state index contributed by atoms with van der Waals surface area (Å²) in [6, 6.07) is 4.06. The van der Waals surface area contributed by atoms with Gasteiger partial charge in [-0.1, -0.05) is 0 Å². The third kappa shape index (κ3) is 3.39. The molecule has 0 spiro atoms. The minimum atomic E-state index is -0.302. The van der Waals surface area contributed by atoms with Gasteiger partial charge in [-0.25, -0.2) is 0 Å². The molecule has 1 aromatic carbocycles. The predicted molar refractivity (Wildman–Crippen MR) is 109 cm³/mol. The Hall–Kier alpha value is -1.11. The van der Waals surface area contributed by atoms with Crippen LogP contribution in [0.25, 0.3) is 0 Å². The molecule has 0 unspecified atom stereocenters. The Kier molecular flexibility index (Phi) is 4.78. The Morgan fingerprint density at radius 1 is 1.08 bits per heavy atom. The summed E-state index contributed by atoms with van der Waals surface area (Å²) in [5.74, 6) is 1.69. The first-order valence-corrected chi connectivity index (χ1v) is 10.7. The summed E-state index contributed by atoms with van der Waals surface area (Å²) < 4.78 is 6.65. The van der Waals surface area contributed by atoms with Crippen LogP contribution in [0, 0.1) is 40.6 Å². The molecule has 0 heterocycles. The lowest BCUT2D eigenvalue weighted by Gasteiger charge is -2.55. The molecular formula is C21H26INO3. The summed E-state index contributed by atoms with van der Waals surface area (Å²) in [7, 11) is 0. The quantitative estimate of drug-likeness (QED) is 0.520. The Morgan fingerprint density at radius 3 is 2.08 bits per heavy atom. The van der Waals surface area contributed by atoms with Crippen LogP contribution in [0.4, 0.5) is 5.69 Å². The first-order valence-electron chi connectivity index (χ1n) is 9.58. The third-order valence-corrected chi connectivity index (χ3v) is 7.19. The van der Waals surface area contributed by atoms with Crippen molar-refractivity contribution in [2.45, 2.75) is 52.4 Å². The number of anilines is 1. The van der Waals surface area contributed by atoms with Gasteiger partial charge in [-0.3, -0.25) is 9.59 Å². The molecule has 0 saturated heterocycles.